The van der Waals surface area contributed by atoms with Gasteiger partial charge in [0, 0.05) is 29.1 Å². The van der Waals surface area contributed by atoms with Gasteiger partial charge in [0.05, 0.1) is 17.1 Å². The Morgan fingerprint density at radius 2 is 2.00 bits per heavy atom. The lowest BCUT2D eigenvalue weighted by Gasteiger charge is -2.12. The van der Waals surface area contributed by atoms with E-state index in [-0.39, 0.29) is 5.82 Å². The molecule has 0 radical (unpaired) electrons. The topological polar surface area (TPSA) is 52.0 Å². The summed E-state index contributed by atoms with van der Waals surface area (Å²) in [6, 6.07) is 14.3. The predicted octanol–water partition coefficient (Wildman–Crippen LogP) is 4.57. The summed E-state index contributed by atoms with van der Waals surface area (Å²) >= 11 is 6.00. The molecule has 0 aliphatic heterocycles. The number of anilines is 1. The summed E-state index contributed by atoms with van der Waals surface area (Å²) in [6.07, 6.45) is 0. The van der Waals surface area contributed by atoms with Crippen molar-refractivity contribution >= 4 is 28.3 Å². The molecule has 0 saturated heterocycles. The Morgan fingerprint density at radius 3 is 2.69 bits per heavy atom. The molecule has 0 unspecified atom stereocenters. The van der Waals surface area contributed by atoms with Gasteiger partial charge in [0.25, 0.3) is 0 Å². The zero-order valence-electron chi connectivity index (χ0n) is 14.6. The van der Waals surface area contributed by atoms with Gasteiger partial charge >= 0.3 is 0 Å². The van der Waals surface area contributed by atoms with Crippen molar-refractivity contribution in [3.8, 4) is 6.07 Å². The van der Waals surface area contributed by atoms with E-state index in [1.165, 1.54) is 6.07 Å². The number of aromatic nitrogens is 1. The molecule has 0 atom stereocenters. The highest BCUT2D eigenvalue weighted by Gasteiger charge is 2.08. The SMILES string of the molecule is CN(C)Cc1ccc(CNc2cc(C#N)c3cc(Cl)ccc3n2)cc1F. The molecule has 3 aromatic rings. The van der Waals surface area contributed by atoms with Crippen molar-refractivity contribution in [1.82, 2.24) is 9.88 Å². The molecule has 0 fully saturated rings. The van der Waals surface area contributed by atoms with E-state index < -0.39 is 0 Å². The lowest BCUT2D eigenvalue weighted by Crippen LogP contribution is -2.12. The molecular formula is C20H18ClFN4. The Kier molecular flexibility index (Phi) is 5.36. The van der Waals surface area contributed by atoms with Crippen molar-refractivity contribution in [3.63, 3.8) is 0 Å². The summed E-state index contributed by atoms with van der Waals surface area (Å²) in [7, 11) is 3.81. The van der Waals surface area contributed by atoms with Crippen LogP contribution in [0.4, 0.5) is 10.2 Å². The van der Waals surface area contributed by atoms with E-state index in [2.05, 4.69) is 16.4 Å². The van der Waals surface area contributed by atoms with Crippen LogP contribution in [-0.4, -0.2) is 24.0 Å². The molecule has 2 aromatic carbocycles. The highest BCUT2D eigenvalue weighted by molar-refractivity contribution is 6.31. The number of nitriles is 1. The first-order valence-electron chi connectivity index (χ1n) is 8.12. The number of nitrogens with one attached hydrogen (secondary N) is 1. The molecule has 1 N–H and O–H groups in total. The van der Waals surface area contributed by atoms with Crippen molar-refractivity contribution in [3.05, 3.63) is 70.0 Å². The summed E-state index contributed by atoms with van der Waals surface area (Å²) in [5, 5.41) is 13.8. The van der Waals surface area contributed by atoms with E-state index in [0.29, 0.717) is 46.0 Å². The molecule has 0 aliphatic carbocycles. The molecule has 0 aliphatic rings. The Hall–Kier alpha value is -2.68. The number of benzene rings is 2. The van der Waals surface area contributed by atoms with Crippen LogP contribution in [-0.2, 0) is 13.1 Å². The highest BCUT2D eigenvalue weighted by Crippen LogP contribution is 2.24. The van der Waals surface area contributed by atoms with E-state index in [1.807, 2.05) is 25.1 Å². The van der Waals surface area contributed by atoms with Crippen LogP contribution < -0.4 is 5.32 Å². The van der Waals surface area contributed by atoms with Crippen molar-refractivity contribution in [2.24, 2.45) is 0 Å². The monoisotopic (exact) mass is 368 g/mol. The quantitative estimate of drug-likeness (QED) is 0.716. The highest BCUT2D eigenvalue weighted by atomic mass is 35.5. The average Bonchev–Trinajstić information content (AvgIpc) is 2.61. The number of rotatable bonds is 5. The maximum absolute atomic E-state index is 14.2. The lowest BCUT2D eigenvalue weighted by molar-refractivity contribution is 0.392. The Balaban J connectivity index is 1.81. The van der Waals surface area contributed by atoms with Gasteiger partial charge < -0.3 is 10.2 Å². The number of nitrogens with zero attached hydrogens (tertiary/aromatic N) is 3. The number of pyridine rings is 1. The largest absolute Gasteiger partial charge is 0.366 e. The van der Waals surface area contributed by atoms with Crippen molar-refractivity contribution in [2.45, 2.75) is 13.1 Å². The number of fused-ring (bicyclic) bond motifs is 1. The zero-order chi connectivity index (χ0) is 18.7. The van der Waals surface area contributed by atoms with Gasteiger partial charge in [0.15, 0.2) is 0 Å². The van der Waals surface area contributed by atoms with Crippen molar-refractivity contribution < 1.29 is 4.39 Å². The van der Waals surface area contributed by atoms with Crippen molar-refractivity contribution in [1.29, 1.82) is 5.26 Å². The fourth-order valence-electron chi connectivity index (χ4n) is 2.74. The van der Waals surface area contributed by atoms with Crippen LogP contribution in [0.15, 0.2) is 42.5 Å². The molecule has 1 heterocycles. The third kappa shape index (κ3) is 4.10. The first-order chi connectivity index (χ1) is 12.5. The molecule has 0 bridgehead atoms. The normalized spacial score (nSPS) is 10.9. The summed E-state index contributed by atoms with van der Waals surface area (Å²) in [6.45, 7) is 0.968. The summed E-state index contributed by atoms with van der Waals surface area (Å²) in [5.41, 5.74) is 2.64. The minimum atomic E-state index is -0.225. The van der Waals surface area contributed by atoms with Gasteiger partial charge in [0.1, 0.15) is 11.6 Å². The fourth-order valence-corrected chi connectivity index (χ4v) is 2.92. The van der Waals surface area contributed by atoms with E-state index >= 15 is 0 Å². The Morgan fingerprint density at radius 1 is 1.19 bits per heavy atom. The molecular weight excluding hydrogens is 351 g/mol. The molecule has 26 heavy (non-hydrogen) atoms. The summed E-state index contributed by atoms with van der Waals surface area (Å²) in [5.74, 6) is 0.339. The molecule has 0 amide bonds. The molecule has 0 saturated carbocycles. The van der Waals surface area contributed by atoms with Crippen LogP contribution in [0.2, 0.25) is 5.02 Å². The van der Waals surface area contributed by atoms with Gasteiger partial charge in [-0.3, -0.25) is 0 Å². The second kappa shape index (κ2) is 7.69. The Labute approximate surface area is 156 Å². The number of hydrogen-bond donors (Lipinski definition) is 1. The maximum atomic E-state index is 14.2. The molecule has 6 heteroatoms. The van der Waals surface area contributed by atoms with Crippen LogP contribution in [0.1, 0.15) is 16.7 Å². The summed E-state index contributed by atoms with van der Waals surface area (Å²) < 4.78 is 14.2. The predicted molar refractivity (Wildman–Crippen MR) is 103 cm³/mol. The van der Waals surface area contributed by atoms with Gasteiger partial charge in [-0.15, -0.1) is 0 Å². The molecule has 132 valence electrons. The zero-order valence-corrected chi connectivity index (χ0v) is 15.3. The maximum Gasteiger partial charge on any atom is 0.128 e. The third-order valence-electron chi connectivity index (χ3n) is 3.97. The summed E-state index contributed by atoms with van der Waals surface area (Å²) in [4.78, 5) is 6.42. The van der Waals surface area contributed by atoms with E-state index in [9.17, 15) is 9.65 Å². The first kappa shape index (κ1) is 18.1. The second-order valence-corrected chi connectivity index (χ2v) is 6.78. The average molecular weight is 369 g/mol. The fraction of sp³-hybridized carbons (Fsp3) is 0.200. The van der Waals surface area contributed by atoms with Gasteiger partial charge in [-0.05, 0) is 50.0 Å². The van der Waals surface area contributed by atoms with Crippen LogP contribution in [0.3, 0.4) is 0 Å². The lowest BCUT2D eigenvalue weighted by atomic mass is 10.1. The third-order valence-corrected chi connectivity index (χ3v) is 4.20. The van der Waals surface area contributed by atoms with Gasteiger partial charge in [-0.1, -0.05) is 23.7 Å². The second-order valence-electron chi connectivity index (χ2n) is 6.35. The molecule has 3 rings (SSSR count). The standard InChI is InChI=1S/C20H18ClFN4/c1-26(2)12-14-4-3-13(7-18(14)22)11-24-20-8-15(10-23)17-9-16(21)5-6-19(17)25-20/h3-9H,11-12H2,1-2H3,(H,24,25). The molecule has 0 spiro atoms. The number of hydrogen-bond acceptors (Lipinski definition) is 4. The van der Waals surface area contributed by atoms with Crippen molar-refractivity contribution in [2.75, 3.05) is 19.4 Å². The van der Waals surface area contributed by atoms with E-state index in [0.717, 1.165) is 5.56 Å². The van der Waals surface area contributed by atoms with Gasteiger partial charge in [-0.2, -0.15) is 5.26 Å². The van der Waals surface area contributed by atoms with Crippen LogP contribution >= 0.6 is 11.6 Å². The Bertz CT molecular complexity index is 995. The van der Waals surface area contributed by atoms with E-state index in [1.54, 1.807) is 30.3 Å². The van der Waals surface area contributed by atoms with Gasteiger partial charge in [0.2, 0.25) is 0 Å². The van der Waals surface area contributed by atoms with Gasteiger partial charge in [-0.25, -0.2) is 9.37 Å². The molecule has 4 nitrogen and oxygen atoms in total. The first-order valence-corrected chi connectivity index (χ1v) is 8.50. The molecule has 1 aromatic heterocycles. The minimum absolute atomic E-state index is 0.225. The smallest absolute Gasteiger partial charge is 0.128 e. The minimum Gasteiger partial charge on any atom is -0.366 e. The number of halogens is 2. The van der Waals surface area contributed by atoms with E-state index in [4.69, 9.17) is 11.6 Å². The van der Waals surface area contributed by atoms with Crippen LogP contribution in [0.5, 0.6) is 0 Å². The van der Waals surface area contributed by atoms with Crippen LogP contribution in [0, 0.1) is 17.1 Å². The van der Waals surface area contributed by atoms with Crippen LogP contribution in [0.25, 0.3) is 10.9 Å².